The van der Waals surface area contributed by atoms with Crippen LogP contribution in [0.1, 0.15) is 30.1 Å². The van der Waals surface area contributed by atoms with Crippen LogP contribution in [0.25, 0.3) is 5.69 Å². The number of halogens is 1. The van der Waals surface area contributed by atoms with Crippen LogP contribution in [0, 0.1) is 6.92 Å². The zero-order valence-corrected chi connectivity index (χ0v) is 11.9. The standard InChI is InChI=1S/C14H16BrN3/c1-10-7-11(4-5-12(10)15)18-9-16-8-14(18)13-3-2-6-17-13/h4-5,7-9,13,17H,2-3,6H2,1H3/t13-/m0/s1. The fraction of sp³-hybridized carbons (Fsp3) is 0.357. The van der Waals surface area contributed by atoms with E-state index < -0.39 is 0 Å². The van der Waals surface area contributed by atoms with Crippen molar-refractivity contribution in [1.29, 1.82) is 0 Å². The van der Waals surface area contributed by atoms with Crippen molar-refractivity contribution in [2.24, 2.45) is 0 Å². The first kappa shape index (κ1) is 11.9. The summed E-state index contributed by atoms with van der Waals surface area (Å²) in [4.78, 5) is 4.31. The first-order valence-electron chi connectivity index (χ1n) is 6.28. The Morgan fingerprint density at radius 3 is 3.06 bits per heavy atom. The molecule has 0 spiro atoms. The lowest BCUT2D eigenvalue weighted by molar-refractivity contribution is 0.615. The maximum absolute atomic E-state index is 4.31. The number of benzene rings is 1. The minimum atomic E-state index is 0.441. The van der Waals surface area contributed by atoms with Gasteiger partial charge in [0.05, 0.1) is 18.2 Å². The number of aromatic nitrogens is 2. The zero-order valence-electron chi connectivity index (χ0n) is 10.4. The molecule has 1 N–H and O–H groups in total. The van der Waals surface area contributed by atoms with E-state index in [1.165, 1.54) is 29.8 Å². The van der Waals surface area contributed by atoms with Gasteiger partial charge in [0.15, 0.2) is 0 Å². The van der Waals surface area contributed by atoms with Gasteiger partial charge in [-0.3, -0.25) is 0 Å². The van der Waals surface area contributed by atoms with Crippen LogP contribution in [0.15, 0.2) is 35.2 Å². The number of nitrogens with one attached hydrogen (secondary N) is 1. The molecule has 4 heteroatoms. The highest BCUT2D eigenvalue weighted by atomic mass is 79.9. The van der Waals surface area contributed by atoms with E-state index in [0.717, 1.165) is 11.0 Å². The molecule has 94 valence electrons. The molecule has 2 aromatic rings. The highest BCUT2D eigenvalue weighted by molar-refractivity contribution is 9.10. The number of hydrogen-bond donors (Lipinski definition) is 1. The second-order valence-electron chi connectivity index (χ2n) is 4.77. The van der Waals surface area contributed by atoms with E-state index in [9.17, 15) is 0 Å². The molecule has 0 saturated carbocycles. The summed E-state index contributed by atoms with van der Waals surface area (Å²) >= 11 is 3.54. The van der Waals surface area contributed by atoms with Gasteiger partial charge in [0, 0.05) is 16.2 Å². The van der Waals surface area contributed by atoms with Gasteiger partial charge >= 0.3 is 0 Å². The number of nitrogens with zero attached hydrogens (tertiary/aromatic N) is 2. The summed E-state index contributed by atoms with van der Waals surface area (Å²) in [6.45, 7) is 3.22. The quantitative estimate of drug-likeness (QED) is 0.922. The SMILES string of the molecule is Cc1cc(-n2cncc2[C@@H]2CCCN2)ccc1Br. The molecular weight excluding hydrogens is 290 g/mol. The number of aryl methyl sites for hydroxylation is 1. The monoisotopic (exact) mass is 305 g/mol. The molecule has 2 heterocycles. The molecule has 1 aromatic heterocycles. The Labute approximate surface area is 115 Å². The van der Waals surface area contributed by atoms with Gasteiger partial charge in [0.1, 0.15) is 0 Å². The molecule has 0 aliphatic carbocycles. The Morgan fingerprint density at radius 1 is 1.44 bits per heavy atom. The molecule has 3 rings (SSSR count). The molecule has 3 nitrogen and oxygen atoms in total. The lowest BCUT2D eigenvalue weighted by atomic mass is 10.1. The average Bonchev–Trinajstić information content (AvgIpc) is 3.00. The Kier molecular flexibility index (Phi) is 3.22. The van der Waals surface area contributed by atoms with Crippen molar-refractivity contribution in [2.45, 2.75) is 25.8 Å². The maximum Gasteiger partial charge on any atom is 0.0994 e. The molecule has 1 aliphatic rings. The lowest BCUT2D eigenvalue weighted by Crippen LogP contribution is -2.16. The van der Waals surface area contributed by atoms with Gasteiger partial charge in [-0.1, -0.05) is 15.9 Å². The van der Waals surface area contributed by atoms with Gasteiger partial charge in [-0.15, -0.1) is 0 Å². The van der Waals surface area contributed by atoms with E-state index in [0.29, 0.717) is 6.04 Å². The first-order valence-corrected chi connectivity index (χ1v) is 7.07. The Morgan fingerprint density at radius 2 is 2.33 bits per heavy atom. The van der Waals surface area contributed by atoms with Crippen LogP contribution in [-0.2, 0) is 0 Å². The van der Waals surface area contributed by atoms with Gasteiger partial charge < -0.3 is 9.88 Å². The molecule has 1 aromatic carbocycles. The van der Waals surface area contributed by atoms with Crippen LogP contribution in [-0.4, -0.2) is 16.1 Å². The predicted molar refractivity (Wildman–Crippen MR) is 76.0 cm³/mol. The third-order valence-corrected chi connectivity index (χ3v) is 4.39. The molecule has 0 amide bonds. The van der Waals surface area contributed by atoms with Crippen molar-refractivity contribution in [3.63, 3.8) is 0 Å². The fourth-order valence-corrected chi connectivity index (χ4v) is 2.74. The summed E-state index contributed by atoms with van der Waals surface area (Å²) in [6.07, 6.45) is 6.31. The second-order valence-corrected chi connectivity index (χ2v) is 5.63. The van der Waals surface area contributed by atoms with Crippen molar-refractivity contribution in [2.75, 3.05) is 6.54 Å². The minimum absolute atomic E-state index is 0.441. The number of rotatable bonds is 2. The molecule has 1 fully saturated rings. The molecular formula is C14H16BrN3. The van der Waals surface area contributed by atoms with E-state index in [4.69, 9.17) is 0 Å². The van der Waals surface area contributed by atoms with Crippen molar-refractivity contribution in [3.05, 3.63) is 46.5 Å². The highest BCUT2D eigenvalue weighted by Gasteiger charge is 2.20. The van der Waals surface area contributed by atoms with Crippen LogP contribution in [0.3, 0.4) is 0 Å². The van der Waals surface area contributed by atoms with Crippen molar-refractivity contribution < 1.29 is 0 Å². The second kappa shape index (κ2) is 4.86. The minimum Gasteiger partial charge on any atom is -0.309 e. The van der Waals surface area contributed by atoms with Crippen LogP contribution in [0.4, 0.5) is 0 Å². The van der Waals surface area contributed by atoms with E-state index in [-0.39, 0.29) is 0 Å². The molecule has 0 radical (unpaired) electrons. The van der Waals surface area contributed by atoms with Gasteiger partial charge in [-0.05, 0) is 50.1 Å². The molecule has 0 bridgehead atoms. The normalized spacial score (nSPS) is 19.3. The Balaban J connectivity index is 2.00. The van der Waals surface area contributed by atoms with Crippen LogP contribution in [0.5, 0.6) is 0 Å². The van der Waals surface area contributed by atoms with Crippen molar-refractivity contribution in [3.8, 4) is 5.69 Å². The van der Waals surface area contributed by atoms with E-state index in [1.807, 2.05) is 12.5 Å². The summed E-state index contributed by atoms with van der Waals surface area (Å²) in [5.41, 5.74) is 3.68. The van der Waals surface area contributed by atoms with Crippen molar-refractivity contribution >= 4 is 15.9 Å². The third kappa shape index (κ3) is 2.10. The molecule has 1 aliphatic heterocycles. The highest BCUT2D eigenvalue weighted by Crippen LogP contribution is 2.26. The topological polar surface area (TPSA) is 29.9 Å². The lowest BCUT2D eigenvalue weighted by Gasteiger charge is -2.14. The van der Waals surface area contributed by atoms with E-state index in [2.05, 4.69) is 55.9 Å². The van der Waals surface area contributed by atoms with Crippen LogP contribution < -0.4 is 5.32 Å². The summed E-state index contributed by atoms with van der Waals surface area (Å²) in [6, 6.07) is 6.84. The van der Waals surface area contributed by atoms with Crippen molar-refractivity contribution in [1.82, 2.24) is 14.9 Å². The largest absolute Gasteiger partial charge is 0.309 e. The molecule has 1 atom stereocenters. The third-order valence-electron chi connectivity index (χ3n) is 3.50. The van der Waals surface area contributed by atoms with Gasteiger partial charge in [0.2, 0.25) is 0 Å². The van der Waals surface area contributed by atoms with Gasteiger partial charge in [-0.25, -0.2) is 4.98 Å². The van der Waals surface area contributed by atoms with E-state index >= 15 is 0 Å². The summed E-state index contributed by atoms with van der Waals surface area (Å²) in [5.74, 6) is 0. The van der Waals surface area contributed by atoms with Gasteiger partial charge in [-0.2, -0.15) is 0 Å². The van der Waals surface area contributed by atoms with E-state index in [1.54, 1.807) is 0 Å². The van der Waals surface area contributed by atoms with Gasteiger partial charge in [0.25, 0.3) is 0 Å². The average molecular weight is 306 g/mol. The summed E-state index contributed by atoms with van der Waals surface area (Å²) in [7, 11) is 0. The smallest absolute Gasteiger partial charge is 0.0994 e. The zero-order chi connectivity index (χ0) is 12.5. The maximum atomic E-state index is 4.31. The number of imidazole rings is 1. The Bertz CT molecular complexity index is 556. The molecule has 0 unspecified atom stereocenters. The summed E-state index contributed by atoms with van der Waals surface area (Å²) in [5, 5.41) is 3.53. The Hall–Kier alpha value is -1.13. The molecule has 18 heavy (non-hydrogen) atoms. The van der Waals surface area contributed by atoms with Crippen LogP contribution in [0.2, 0.25) is 0 Å². The summed E-state index contributed by atoms with van der Waals surface area (Å²) < 4.78 is 3.33. The predicted octanol–water partition coefficient (Wildman–Crippen LogP) is 3.37. The molecule has 1 saturated heterocycles. The first-order chi connectivity index (χ1) is 8.75. The fourth-order valence-electron chi connectivity index (χ4n) is 2.49. The number of hydrogen-bond acceptors (Lipinski definition) is 2. The van der Waals surface area contributed by atoms with Crippen LogP contribution >= 0.6 is 15.9 Å².